The van der Waals surface area contributed by atoms with Gasteiger partial charge in [-0.15, -0.1) is 0 Å². The number of aryl methyl sites for hydroxylation is 1. The lowest BCUT2D eigenvalue weighted by molar-refractivity contribution is -0.138. The molecule has 1 atom stereocenters. The SMILES string of the molecule is Cc1ccc(-c2ccc(CN3CCN(C)CC3)c(C(F)(F)F)c2)cc1C#CC(=N)c1c(N)ncnc1NC1CCOC1. The predicted octanol–water partition coefficient (Wildman–Crippen LogP) is 4.42. The Kier molecular flexibility index (Phi) is 8.77. The molecule has 8 nitrogen and oxygen atoms in total. The molecule has 2 aliphatic heterocycles. The summed E-state index contributed by atoms with van der Waals surface area (Å²) in [7, 11) is 2.02. The lowest BCUT2D eigenvalue weighted by Gasteiger charge is -2.33. The number of aromatic nitrogens is 2. The molecule has 42 heavy (non-hydrogen) atoms. The van der Waals surface area contributed by atoms with Gasteiger partial charge in [-0.1, -0.05) is 30.2 Å². The van der Waals surface area contributed by atoms with Gasteiger partial charge >= 0.3 is 6.18 Å². The van der Waals surface area contributed by atoms with Crippen LogP contribution in [-0.2, 0) is 17.5 Å². The highest BCUT2D eigenvalue weighted by molar-refractivity contribution is 6.16. The normalized spacial score (nSPS) is 18.0. The van der Waals surface area contributed by atoms with Crippen molar-refractivity contribution in [1.29, 1.82) is 5.41 Å². The Morgan fingerprint density at radius 1 is 1.12 bits per heavy atom. The van der Waals surface area contributed by atoms with Gasteiger partial charge in [-0.05, 0) is 60.7 Å². The number of hydrogen-bond acceptors (Lipinski definition) is 8. The molecule has 3 heterocycles. The number of hydrogen-bond donors (Lipinski definition) is 3. The van der Waals surface area contributed by atoms with Crippen LogP contribution in [0.1, 0.15) is 34.2 Å². The minimum Gasteiger partial charge on any atom is -0.383 e. The average molecular weight is 578 g/mol. The highest BCUT2D eigenvalue weighted by Gasteiger charge is 2.34. The molecule has 5 rings (SSSR count). The van der Waals surface area contributed by atoms with E-state index in [0.717, 1.165) is 38.2 Å². The van der Waals surface area contributed by atoms with Crippen LogP contribution in [0.5, 0.6) is 0 Å². The fourth-order valence-electron chi connectivity index (χ4n) is 5.13. The van der Waals surface area contributed by atoms with Crippen molar-refractivity contribution in [2.45, 2.75) is 32.1 Å². The Morgan fingerprint density at radius 2 is 1.86 bits per heavy atom. The van der Waals surface area contributed by atoms with Crippen LogP contribution in [-0.4, -0.2) is 78.0 Å². The number of piperazine rings is 1. The van der Waals surface area contributed by atoms with E-state index >= 15 is 0 Å². The number of nitrogens with zero attached hydrogens (tertiary/aromatic N) is 4. The van der Waals surface area contributed by atoms with Crippen LogP contribution in [0, 0.1) is 24.2 Å². The van der Waals surface area contributed by atoms with Crippen LogP contribution >= 0.6 is 0 Å². The molecule has 2 fully saturated rings. The van der Waals surface area contributed by atoms with E-state index in [2.05, 4.69) is 36.9 Å². The first kappa shape index (κ1) is 29.5. The standard InChI is InChI=1S/C31H34F3N7O/c1-20-3-4-22(23-5-6-24(26(16-23)31(32,33)34)17-41-12-10-40(2)11-13-41)15-21(20)7-8-27(35)28-29(36)37-19-38-30(28)39-25-9-14-42-18-25/h3-6,15-16,19,25,35H,9-14,17-18H2,1-2H3,(H3,36,37,38,39). The maximum Gasteiger partial charge on any atom is 0.416 e. The molecule has 1 aromatic heterocycles. The number of ether oxygens (including phenoxy) is 1. The summed E-state index contributed by atoms with van der Waals surface area (Å²) in [4.78, 5) is 12.5. The number of anilines is 2. The van der Waals surface area contributed by atoms with Gasteiger partial charge < -0.3 is 20.7 Å². The molecule has 0 bridgehead atoms. The molecule has 2 aliphatic rings. The number of halogens is 3. The lowest BCUT2D eigenvalue weighted by atomic mass is 9.95. The minimum absolute atomic E-state index is 0.0484. The molecule has 1 unspecified atom stereocenters. The van der Waals surface area contributed by atoms with E-state index in [0.29, 0.717) is 41.3 Å². The van der Waals surface area contributed by atoms with E-state index in [1.165, 1.54) is 12.4 Å². The van der Waals surface area contributed by atoms with Gasteiger partial charge in [-0.25, -0.2) is 9.97 Å². The fourth-order valence-corrected chi connectivity index (χ4v) is 5.13. The number of likely N-dealkylation sites (N-methyl/N-ethyl adjacent to an activating group) is 1. The van der Waals surface area contributed by atoms with Crippen molar-refractivity contribution in [2.75, 3.05) is 57.5 Å². The van der Waals surface area contributed by atoms with Crippen molar-refractivity contribution in [3.8, 4) is 23.0 Å². The molecule has 0 amide bonds. The number of nitrogens with two attached hydrogens (primary N) is 1. The first-order valence-electron chi connectivity index (χ1n) is 13.9. The molecular formula is C31H34F3N7O. The van der Waals surface area contributed by atoms with E-state index in [-0.39, 0.29) is 29.7 Å². The summed E-state index contributed by atoms with van der Waals surface area (Å²) in [5.41, 5.74) is 8.48. The maximum atomic E-state index is 14.2. The third-order valence-corrected chi connectivity index (χ3v) is 7.70. The van der Waals surface area contributed by atoms with Gasteiger partial charge in [0.25, 0.3) is 0 Å². The molecule has 0 saturated carbocycles. The molecule has 0 spiro atoms. The monoisotopic (exact) mass is 577 g/mol. The largest absolute Gasteiger partial charge is 0.416 e. The smallest absolute Gasteiger partial charge is 0.383 e. The van der Waals surface area contributed by atoms with E-state index in [1.54, 1.807) is 24.3 Å². The second-order valence-electron chi connectivity index (χ2n) is 10.8. The average Bonchev–Trinajstić information content (AvgIpc) is 3.46. The summed E-state index contributed by atoms with van der Waals surface area (Å²) in [6.07, 6.45) is -2.34. The van der Waals surface area contributed by atoms with Gasteiger partial charge in [0.2, 0.25) is 0 Å². The number of nitrogen functional groups attached to an aromatic ring is 1. The number of rotatable bonds is 6. The third kappa shape index (κ3) is 6.90. The van der Waals surface area contributed by atoms with Gasteiger partial charge in [0.15, 0.2) is 0 Å². The quantitative estimate of drug-likeness (QED) is 0.294. The first-order valence-corrected chi connectivity index (χ1v) is 13.9. The summed E-state index contributed by atoms with van der Waals surface area (Å²) in [6.45, 7) is 6.43. The van der Waals surface area contributed by atoms with Gasteiger partial charge in [-0.2, -0.15) is 13.2 Å². The highest BCUT2D eigenvalue weighted by Crippen LogP contribution is 2.36. The summed E-state index contributed by atoms with van der Waals surface area (Å²) >= 11 is 0. The van der Waals surface area contributed by atoms with Crippen LogP contribution in [0.2, 0.25) is 0 Å². The zero-order valence-corrected chi connectivity index (χ0v) is 23.7. The van der Waals surface area contributed by atoms with Gasteiger partial charge in [0.05, 0.1) is 23.8 Å². The minimum atomic E-state index is -4.48. The summed E-state index contributed by atoms with van der Waals surface area (Å²) < 4.78 is 47.9. The molecule has 11 heteroatoms. The van der Waals surface area contributed by atoms with Crippen LogP contribution in [0.25, 0.3) is 11.1 Å². The van der Waals surface area contributed by atoms with Crippen molar-refractivity contribution in [1.82, 2.24) is 19.8 Å². The summed E-state index contributed by atoms with van der Waals surface area (Å²) in [6, 6.07) is 9.95. The van der Waals surface area contributed by atoms with Gasteiger partial charge in [0.1, 0.15) is 23.7 Å². The van der Waals surface area contributed by atoms with Crippen molar-refractivity contribution in [3.63, 3.8) is 0 Å². The maximum absolute atomic E-state index is 14.2. The lowest BCUT2D eigenvalue weighted by Crippen LogP contribution is -2.44. The zero-order valence-electron chi connectivity index (χ0n) is 23.7. The molecule has 2 saturated heterocycles. The molecule has 2 aromatic carbocycles. The van der Waals surface area contributed by atoms with Crippen LogP contribution in [0.3, 0.4) is 0 Å². The fraction of sp³-hybridized carbons (Fsp3) is 0.387. The summed E-state index contributed by atoms with van der Waals surface area (Å²) in [5.74, 6) is 6.41. The van der Waals surface area contributed by atoms with Crippen molar-refractivity contribution >= 4 is 17.3 Å². The second kappa shape index (κ2) is 12.5. The number of benzene rings is 2. The Labute approximate surface area is 243 Å². The number of nitrogens with one attached hydrogen (secondary N) is 2. The molecule has 0 aliphatic carbocycles. The third-order valence-electron chi connectivity index (χ3n) is 7.70. The summed E-state index contributed by atoms with van der Waals surface area (Å²) in [5, 5.41) is 11.9. The van der Waals surface area contributed by atoms with E-state index in [9.17, 15) is 13.2 Å². The first-order chi connectivity index (χ1) is 20.1. The van der Waals surface area contributed by atoms with Gasteiger partial charge in [-0.3, -0.25) is 10.3 Å². The van der Waals surface area contributed by atoms with Crippen molar-refractivity contribution in [3.05, 3.63) is 70.5 Å². The Morgan fingerprint density at radius 3 is 2.57 bits per heavy atom. The van der Waals surface area contributed by atoms with E-state index in [1.807, 2.05) is 20.0 Å². The van der Waals surface area contributed by atoms with Crippen LogP contribution in [0.15, 0.2) is 42.7 Å². The molecular weight excluding hydrogens is 543 g/mol. The van der Waals surface area contributed by atoms with Crippen LogP contribution < -0.4 is 11.1 Å². The predicted molar refractivity (Wildman–Crippen MR) is 157 cm³/mol. The van der Waals surface area contributed by atoms with Crippen molar-refractivity contribution in [2.24, 2.45) is 0 Å². The number of alkyl halides is 3. The zero-order chi connectivity index (χ0) is 29.9. The molecule has 3 aromatic rings. The van der Waals surface area contributed by atoms with E-state index in [4.69, 9.17) is 15.9 Å². The Balaban J connectivity index is 1.41. The van der Waals surface area contributed by atoms with Gasteiger partial charge in [0, 0.05) is 44.9 Å². The molecule has 220 valence electrons. The molecule has 4 N–H and O–H groups in total. The van der Waals surface area contributed by atoms with Crippen LogP contribution in [0.4, 0.5) is 24.8 Å². The topological polar surface area (TPSA) is 103 Å². The second-order valence-corrected chi connectivity index (χ2v) is 10.8. The van der Waals surface area contributed by atoms with Crippen molar-refractivity contribution < 1.29 is 17.9 Å². The van der Waals surface area contributed by atoms with E-state index < -0.39 is 11.7 Å². The molecule has 0 radical (unpaired) electrons. The Hall–Kier alpha value is -3.98. The Bertz CT molecular complexity index is 1520. The highest BCUT2D eigenvalue weighted by atomic mass is 19.4.